The number of amides is 1. The molecule has 1 amide bonds. The molecule has 4 aromatic carbocycles. The van der Waals surface area contributed by atoms with Crippen molar-refractivity contribution in [2.24, 2.45) is 0 Å². The zero-order valence-electron chi connectivity index (χ0n) is 25.1. The average molecular weight is 616 g/mol. The van der Waals surface area contributed by atoms with Gasteiger partial charge in [-0.25, -0.2) is 14.4 Å². The van der Waals surface area contributed by atoms with Gasteiger partial charge in [-0.15, -0.1) is 6.58 Å². The molecule has 1 aliphatic heterocycles. The first-order valence-corrected chi connectivity index (χ1v) is 15.4. The minimum atomic E-state index is -2.44. The number of carbonyl (C=O) groups is 3. The molecule has 2 atom stereocenters. The smallest absolute Gasteiger partial charge is 0.411 e. The van der Waals surface area contributed by atoms with Crippen molar-refractivity contribution >= 4 is 18.0 Å². The maximum Gasteiger partial charge on any atom is 0.411 e. The largest absolute Gasteiger partial charge is 0.479 e. The molecule has 0 aromatic heterocycles. The Morgan fingerprint density at radius 3 is 1.61 bits per heavy atom. The molecule has 2 aliphatic carbocycles. The number of nitrogens with zero attached hydrogens (tertiary/aromatic N) is 1. The standard InChI is InChI=1S/C38H33NO7/c1-2-21-44-34-19-20-39(37(43)46-23-33-30-17-9-5-13-26(30)27-14-6-10-18-31(27)33)38(34,35(40)41)36(42)45-22-32-28-15-7-3-11-24(28)25-12-4-8-16-29(25)32/h2-18,32-34H,1,19-23H2,(H,40,41)/t34-,38+/m1/s1. The lowest BCUT2D eigenvalue weighted by molar-refractivity contribution is -0.176. The second-order valence-corrected chi connectivity index (χ2v) is 11.8. The van der Waals surface area contributed by atoms with Gasteiger partial charge in [0.25, 0.3) is 5.54 Å². The van der Waals surface area contributed by atoms with E-state index in [0.717, 1.165) is 49.4 Å². The highest BCUT2D eigenvalue weighted by Crippen LogP contribution is 2.46. The first-order chi connectivity index (χ1) is 22.5. The number of carboxylic acid groups (broad SMARTS) is 1. The van der Waals surface area contributed by atoms with E-state index in [9.17, 15) is 19.5 Å². The molecule has 0 spiro atoms. The van der Waals surface area contributed by atoms with Gasteiger partial charge in [-0.3, -0.25) is 4.90 Å². The Morgan fingerprint density at radius 2 is 1.17 bits per heavy atom. The minimum absolute atomic E-state index is 0.00508. The molecule has 0 saturated carbocycles. The first-order valence-electron chi connectivity index (χ1n) is 15.4. The number of carboxylic acids is 1. The number of hydrogen-bond donors (Lipinski definition) is 1. The monoisotopic (exact) mass is 615 g/mol. The molecule has 1 heterocycles. The van der Waals surface area contributed by atoms with Crippen molar-refractivity contribution in [1.82, 2.24) is 4.90 Å². The molecule has 232 valence electrons. The van der Waals surface area contributed by atoms with Gasteiger partial charge in [0.05, 0.1) is 6.61 Å². The third-order valence-electron chi connectivity index (χ3n) is 9.46. The van der Waals surface area contributed by atoms with Crippen LogP contribution in [0.3, 0.4) is 0 Å². The van der Waals surface area contributed by atoms with Crippen LogP contribution < -0.4 is 0 Å². The van der Waals surface area contributed by atoms with E-state index in [1.807, 2.05) is 97.1 Å². The maximum atomic E-state index is 14.1. The molecule has 8 heteroatoms. The van der Waals surface area contributed by atoms with Gasteiger partial charge in [-0.05, 0) is 50.9 Å². The highest BCUT2D eigenvalue weighted by atomic mass is 16.6. The van der Waals surface area contributed by atoms with Gasteiger partial charge in [-0.2, -0.15) is 0 Å². The minimum Gasteiger partial charge on any atom is -0.479 e. The van der Waals surface area contributed by atoms with Crippen LogP contribution in [0, 0.1) is 0 Å². The van der Waals surface area contributed by atoms with E-state index >= 15 is 0 Å². The zero-order chi connectivity index (χ0) is 31.8. The van der Waals surface area contributed by atoms with Crippen molar-refractivity contribution in [3.8, 4) is 22.3 Å². The Bertz CT molecular complexity index is 1760. The highest BCUT2D eigenvalue weighted by Gasteiger charge is 2.65. The van der Waals surface area contributed by atoms with Crippen LogP contribution in [0.25, 0.3) is 22.3 Å². The summed E-state index contributed by atoms with van der Waals surface area (Å²) in [5.74, 6) is -3.13. The van der Waals surface area contributed by atoms with Gasteiger partial charge >= 0.3 is 18.0 Å². The summed E-state index contributed by atoms with van der Waals surface area (Å²) in [5.41, 5.74) is 5.79. The number of likely N-dealkylation sites (tertiary alicyclic amines) is 1. The van der Waals surface area contributed by atoms with Gasteiger partial charge in [0.2, 0.25) is 0 Å². The van der Waals surface area contributed by atoms with E-state index in [0.29, 0.717) is 0 Å². The molecule has 0 bridgehead atoms. The lowest BCUT2D eigenvalue weighted by Gasteiger charge is -2.35. The molecule has 1 N–H and O–H groups in total. The molecule has 3 aliphatic rings. The van der Waals surface area contributed by atoms with Gasteiger partial charge in [0.1, 0.15) is 19.3 Å². The molecule has 1 saturated heterocycles. The second kappa shape index (κ2) is 11.9. The average Bonchev–Trinajstić information content (AvgIpc) is 3.74. The topological polar surface area (TPSA) is 102 Å². The second-order valence-electron chi connectivity index (χ2n) is 11.8. The number of benzene rings is 4. The Kier molecular flexibility index (Phi) is 7.66. The number of aliphatic carboxylic acids is 1. The molecular formula is C38H33NO7. The first kappa shape index (κ1) is 29.5. The number of rotatable bonds is 9. The number of ether oxygens (including phenoxy) is 3. The van der Waals surface area contributed by atoms with Crippen LogP contribution in [-0.2, 0) is 23.8 Å². The fourth-order valence-corrected chi connectivity index (χ4v) is 7.39. The summed E-state index contributed by atoms with van der Waals surface area (Å²) in [4.78, 5) is 42.1. The van der Waals surface area contributed by atoms with Crippen molar-refractivity contribution in [2.45, 2.75) is 29.9 Å². The van der Waals surface area contributed by atoms with Gasteiger partial charge in [0.15, 0.2) is 0 Å². The van der Waals surface area contributed by atoms with Crippen LogP contribution in [0.5, 0.6) is 0 Å². The predicted octanol–water partition coefficient (Wildman–Crippen LogP) is 6.39. The quantitative estimate of drug-likeness (QED) is 0.132. The lowest BCUT2D eigenvalue weighted by Crippen LogP contribution is -2.65. The fraction of sp³-hybridized carbons (Fsp3) is 0.237. The van der Waals surface area contributed by atoms with Gasteiger partial charge in [0, 0.05) is 18.4 Å². The fourth-order valence-electron chi connectivity index (χ4n) is 7.39. The normalized spacial score (nSPS) is 19.6. The van der Waals surface area contributed by atoms with E-state index in [1.165, 1.54) is 6.08 Å². The summed E-state index contributed by atoms with van der Waals surface area (Å²) in [5, 5.41) is 10.7. The Balaban J connectivity index is 1.16. The SMILES string of the molecule is C=CCO[C@@H]1CCN(C(=O)OCC2c3ccccc3-c3ccccc32)[C@@]1(C(=O)O)C(=O)OCC1c2ccccc2-c2ccccc21. The zero-order valence-corrected chi connectivity index (χ0v) is 25.1. The van der Waals surface area contributed by atoms with Gasteiger partial charge in [-0.1, -0.05) is 103 Å². The van der Waals surface area contributed by atoms with Crippen LogP contribution in [-0.4, -0.2) is 66.0 Å². The van der Waals surface area contributed by atoms with E-state index in [2.05, 4.69) is 6.58 Å². The van der Waals surface area contributed by atoms with E-state index in [1.54, 1.807) is 0 Å². The summed E-state index contributed by atoms with van der Waals surface area (Å²) in [6.45, 7) is 3.47. The Morgan fingerprint density at radius 1 is 0.739 bits per heavy atom. The lowest BCUT2D eigenvalue weighted by atomic mass is 9.92. The van der Waals surface area contributed by atoms with Crippen molar-refractivity contribution < 1.29 is 33.7 Å². The Labute approximate surface area is 266 Å². The number of esters is 1. The molecule has 0 radical (unpaired) electrons. The maximum absolute atomic E-state index is 14.1. The van der Waals surface area contributed by atoms with Crippen molar-refractivity contribution in [1.29, 1.82) is 0 Å². The molecule has 4 aromatic rings. The van der Waals surface area contributed by atoms with Crippen LogP contribution in [0.2, 0.25) is 0 Å². The van der Waals surface area contributed by atoms with Gasteiger partial charge < -0.3 is 19.3 Å². The molecular weight excluding hydrogens is 582 g/mol. The summed E-state index contributed by atoms with van der Waals surface area (Å²) >= 11 is 0. The molecule has 0 unspecified atom stereocenters. The Hall–Kier alpha value is -5.21. The van der Waals surface area contributed by atoms with Crippen LogP contribution in [0.1, 0.15) is 40.5 Å². The molecule has 7 rings (SSSR count). The number of carbonyl (C=O) groups excluding carboxylic acids is 2. The van der Waals surface area contributed by atoms with Crippen LogP contribution in [0.4, 0.5) is 4.79 Å². The third-order valence-corrected chi connectivity index (χ3v) is 9.46. The van der Waals surface area contributed by atoms with E-state index in [4.69, 9.17) is 14.2 Å². The number of fused-ring (bicyclic) bond motifs is 6. The van der Waals surface area contributed by atoms with Crippen LogP contribution >= 0.6 is 0 Å². The predicted molar refractivity (Wildman–Crippen MR) is 171 cm³/mol. The van der Waals surface area contributed by atoms with E-state index in [-0.39, 0.29) is 44.6 Å². The summed E-state index contributed by atoms with van der Waals surface area (Å²) in [6.07, 6.45) is -0.504. The summed E-state index contributed by atoms with van der Waals surface area (Å²) in [7, 11) is 0. The van der Waals surface area contributed by atoms with Crippen molar-refractivity contribution in [2.75, 3.05) is 26.4 Å². The highest BCUT2D eigenvalue weighted by molar-refractivity contribution is 6.08. The van der Waals surface area contributed by atoms with Crippen LogP contribution in [0.15, 0.2) is 110 Å². The summed E-state index contributed by atoms with van der Waals surface area (Å²) in [6, 6.07) is 31.6. The van der Waals surface area contributed by atoms with Crippen molar-refractivity contribution in [3.63, 3.8) is 0 Å². The molecule has 46 heavy (non-hydrogen) atoms. The molecule has 8 nitrogen and oxygen atoms in total. The third kappa shape index (κ3) is 4.60. The van der Waals surface area contributed by atoms with E-state index < -0.39 is 29.7 Å². The van der Waals surface area contributed by atoms with Crippen molar-refractivity contribution in [3.05, 3.63) is 132 Å². The molecule has 1 fully saturated rings. The summed E-state index contributed by atoms with van der Waals surface area (Å²) < 4.78 is 17.6. The number of hydrogen-bond acceptors (Lipinski definition) is 6.